The van der Waals surface area contributed by atoms with E-state index in [1.807, 2.05) is 6.92 Å². The molecule has 0 atom stereocenters. The first-order valence-electron chi connectivity index (χ1n) is 5.88. The van der Waals surface area contributed by atoms with Gasteiger partial charge < -0.3 is 9.73 Å². The highest BCUT2D eigenvalue weighted by molar-refractivity contribution is 7.99. The molecule has 0 fully saturated rings. The third-order valence-corrected chi connectivity index (χ3v) is 3.26. The van der Waals surface area contributed by atoms with Gasteiger partial charge in [-0.3, -0.25) is 0 Å². The Morgan fingerprint density at radius 2 is 2.17 bits per heavy atom. The fourth-order valence-corrected chi connectivity index (χ4v) is 2.56. The molecule has 18 heavy (non-hydrogen) atoms. The SMILES string of the molecule is CCNc1ncnc(Sc2ncco2)c1C(C)C. The lowest BCUT2D eigenvalue weighted by Crippen LogP contribution is -2.07. The molecule has 96 valence electrons. The van der Waals surface area contributed by atoms with Crippen molar-refractivity contribution < 1.29 is 4.42 Å². The molecular formula is C12H16N4OS. The Kier molecular flexibility index (Phi) is 4.19. The zero-order chi connectivity index (χ0) is 13.0. The number of oxazole rings is 1. The molecule has 0 spiro atoms. The van der Waals surface area contributed by atoms with Gasteiger partial charge in [-0.15, -0.1) is 0 Å². The molecule has 0 aliphatic rings. The molecule has 0 unspecified atom stereocenters. The van der Waals surface area contributed by atoms with Crippen molar-refractivity contribution in [1.29, 1.82) is 0 Å². The number of aromatic nitrogens is 3. The Labute approximate surface area is 110 Å². The van der Waals surface area contributed by atoms with Gasteiger partial charge in [-0.05, 0) is 24.6 Å². The van der Waals surface area contributed by atoms with E-state index < -0.39 is 0 Å². The molecule has 0 amide bonds. The largest absolute Gasteiger partial charge is 0.440 e. The van der Waals surface area contributed by atoms with E-state index in [4.69, 9.17) is 4.42 Å². The summed E-state index contributed by atoms with van der Waals surface area (Å²) in [6.07, 6.45) is 4.75. The minimum atomic E-state index is 0.331. The van der Waals surface area contributed by atoms with Gasteiger partial charge in [0.1, 0.15) is 23.4 Å². The molecule has 0 radical (unpaired) electrons. The summed E-state index contributed by atoms with van der Waals surface area (Å²) in [5, 5.41) is 4.74. The van der Waals surface area contributed by atoms with Gasteiger partial charge in [0.2, 0.25) is 0 Å². The third-order valence-electron chi connectivity index (χ3n) is 2.36. The highest BCUT2D eigenvalue weighted by atomic mass is 32.2. The van der Waals surface area contributed by atoms with Gasteiger partial charge in [0.15, 0.2) is 0 Å². The summed E-state index contributed by atoms with van der Waals surface area (Å²) in [4.78, 5) is 12.7. The molecular weight excluding hydrogens is 248 g/mol. The fourth-order valence-electron chi connectivity index (χ4n) is 1.63. The van der Waals surface area contributed by atoms with E-state index in [1.54, 1.807) is 18.8 Å². The predicted octanol–water partition coefficient (Wildman–Crippen LogP) is 3.17. The maximum Gasteiger partial charge on any atom is 0.261 e. The van der Waals surface area contributed by atoms with Gasteiger partial charge in [0, 0.05) is 12.1 Å². The Hall–Kier alpha value is -1.56. The van der Waals surface area contributed by atoms with Gasteiger partial charge in [-0.25, -0.2) is 15.0 Å². The van der Waals surface area contributed by atoms with Crippen LogP contribution < -0.4 is 5.32 Å². The molecule has 6 heteroatoms. The number of anilines is 1. The Morgan fingerprint density at radius 1 is 1.33 bits per heavy atom. The highest BCUT2D eigenvalue weighted by Crippen LogP contribution is 2.34. The maximum absolute atomic E-state index is 5.24. The van der Waals surface area contributed by atoms with Crippen LogP contribution in [-0.2, 0) is 0 Å². The molecule has 0 aliphatic heterocycles. The predicted molar refractivity (Wildman–Crippen MR) is 70.9 cm³/mol. The van der Waals surface area contributed by atoms with E-state index in [1.165, 1.54) is 11.8 Å². The maximum atomic E-state index is 5.24. The van der Waals surface area contributed by atoms with Gasteiger partial charge in [0.05, 0.1) is 6.20 Å². The van der Waals surface area contributed by atoms with Crippen molar-refractivity contribution in [3.8, 4) is 0 Å². The summed E-state index contributed by atoms with van der Waals surface area (Å²) >= 11 is 1.42. The number of nitrogens with one attached hydrogen (secondary N) is 1. The number of nitrogens with zero attached hydrogens (tertiary/aromatic N) is 3. The first-order valence-corrected chi connectivity index (χ1v) is 6.70. The summed E-state index contributed by atoms with van der Waals surface area (Å²) in [6, 6.07) is 0. The van der Waals surface area contributed by atoms with Crippen molar-refractivity contribution in [1.82, 2.24) is 15.0 Å². The van der Waals surface area contributed by atoms with Gasteiger partial charge in [-0.2, -0.15) is 0 Å². The van der Waals surface area contributed by atoms with Crippen molar-refractivity contribution in [3.63, 3.8) is 0 Å². The first kappa shape index (κ1) is 12.9. The van der Waals surface area contributed by atoms with Crippen molar-refractivity contribution in [2.45, 2.75) is 36.9 Å². The smallest absolute Gasteiger partial charge is 0.261 e. The van der Waals surface area contributed by atoms with E-state index in [0.29, 0.717) is 11.1 Å². The van der Waals surface area contributed by atoms with Crippen molar-refractivity contribution in [2.24, 2.45) is 0 Å². The van der Waals surface area contributed by atoms with Crippen LogP contribution in [0.3, 0.4) is 0 Å². The van der Waals surface area contributed by atoms with E-state index in [-0.39, 0.29) is 0 Å². The zero-order valence-electron chi connectivity index (χ0n) is 10.7. The molecule has 0 aliphatic carbocycles. The molecule has 2 rings (SSSR count). The molecule has 2 aromatic heterocycles. The standard InChI is InChI=1S/C12H16N4OS/c1-4-13-10-9(8(2)3)11(16-7-15-10)18-12-14-5-6-17-12/h5-8H,4H2,1-3H3,(H,13,15,16). The lowest BCUT2D eigenvalue weighted by molar-refractivity contribution is 0.453. The second-order valence-corrected chi connectivity index (χ2v) is 4.97. The molecule has 0 bridgehead atoms. The average Bonchev–Trinajstić information content (AvgIpc) is 2.82. The van der Waals surface area contributed by atoms with Crippen molar-refractivity contribution in [2.75, 3.05) is 11.9 Å². The van der Waals surface area contributed by atoms with Crippen LogP contribution in [0.15, 0.2) is 33.5 Å². The second-order valence-electron chi connectivity index (χ2n) is 4.03. The van der Waals surface area contributed by atoms with Gasteiger partial charge in [0.25, 0.3) is 5.22 Å². The van der Waals surface area contributed by atoms with Crippen LogP contribution >= 0.6 is 11.8 Å². The normalized spacial score (nSPS) is 10.9. The minimum Gasteiger partial charge on any atom is -0.440 e. The summed E-state index contributed by atoms with van der Waals surface area (Å²) < 4.78 is 5.24. The first-order chi connectivity index (χ1) is 8.72. The van der Waals surface area contributed by atoms with E-state index in [2.05, 4.69) is 34.1 Å². The van der Waals surface area contributed by atoms with Crippen LogP contribution in [0.4, 0.5) is 5.82 Å². The molecule has 1 N–H and O–H groups in total. The zero-order valence-corrected chi connectivity index (χ0v) is 11.5. The van der Waals surface area contributed by atoms with Crippen LogP contribution in [0.1, 0.15) is 32.3 Å². The average molecular weight is 264 g/mol. The molecule has 2 heterocycles. The summed E-state index contributed by atoms with van der Waals surface area (Å²) in [5.41, 5.74) is 1.10. The molecule has 2 aromatic rings. The van der Waals surface area contributed by atoms with Crippen LogP contribution in [0, 0.1) is 0 Å². The Morgan fingerprint density at radius 3 is 2.78 bits per heavy atom. The Balaban J connectivity index is 2.36. The van der Waals surface area contributed by atoms with E-state index in [0.717, 1.165) is 23.0 Å². The van der Waals surface area contributed by atoms with Gasteiger partial charge >= 0.3 is 0 Å². The summed E-state index contributed by atoms with van der Waals surface area (Å²) in [5.74, 6) is 1.22. The monoisotopic (exact) mass is 264 g/mol. The number of hydrogen-bond donors (Lipinski definition) is 1. The summed E-state index contributed by atoms with van der Waals surface area (Å²) in [7, 11) is 0. The Bertz CT molecular complexity index is 499. The van der Waals surface area contributed by atoms with Gasteiger partial charge in [-0.1, -0.05) is 13.8 Å². The lowest BCUT2D eigenvalue weighted by Gasteiger charge is -2.14. The molecule has 0 saturated heterocycles. The van der Waals surface area contributed by atoms with E-state index >= 15 is 0 Å². The summed E-state index contributed by atoms with van der Waals surface area (Å²) in [6.45, 7) is 7.13. The third kappa shape index (κ3) is 2.81. The quantitative estimate of drug-likeness (QED) is 0.837. The van der Waals surface area contributed by atoms with Crippen LogP contribution in [0.25, 0.3) is 0 Å². The van der Waals surface area contributed by atoms with Crippen molar-refractivity contribution in [3.05, 3.63) is 24.4 Å². The number of rotatable bonds is 5. The van der Waals surface area contributed by atoms with Crippen molar-refractivity contribution >= 4 is 17.6 Å². The minimum absolute atomic E-state index is 0.331. The van der Waals surface area contributed by atoms with Crippen LogP contribution in [0.5, 0.6) is 0 Å². The molecule has 0 saturated carbocycles. The highest BCUT2D eigenvalue weighted by Gasteiger charge is 2.16. The second kappa shape index (κ2) is 5.86. The molecule has 5 nitrogen and oxygen atoms in total. The van der Waals surface area contributed by atoms with E-state index in [9.17, 15) is 0 Å². The van der Waals surface area contributed by atoms with Crippen LogP contribution in [0.2, 0.25) is 0 Å². The molecule has 0 aromatic carbocycles. The topological polar surface area (TPSA) is 63.8 Å². The fraction of sp³-hybridized carbons (Fsp3) is 0.417. The lowest BCUT2D eigenvalue weighted by atomic mass is 10.1. The van der Waals surface area contributed by atoms with Crippen LogP contribution in [-0.4, -0.2) is 21.5 Å². The number of hydrogen-bond acceptors (Lipinski definition) is 6.